The number of nitrogens with zero attached hydrogens (tertiary/aromatic N) is 1. The number of carbonyl (C=O) groups excluding carboxylic acids is 1. The van der Waals surface area contributed by atoms with E-state index in [4.69, 9.17) is 16.3 Å². The third-order valence-electron chi connectivity index (χ3n) is 6.57. The number of ketones is 1. The molecule has 1 atom stereocenters. The summed E-state index contributed by atoms with van der Waals surface area (Å²) in [6.07, 6.45) is 0.187. The summed E-state index contributed by atoms with van der Waals surface area (Å²) >= 11 is 6.65. The summed E-state index contributed by atoms with van der Waals surface area (Å²) in [7, 11) is 1.60. The number of carboxylic acids is 1. The van der Waals surface area contributed by atoms with Crippen LogP contribution in [0.25, 0.3) is 33.5 Å². The Morgan fingerprint density at radius 1 is 0.947 bits per heavy atom. The van der Waals surface area contributed by atoms with Gasteiger partial charge in [0.25, 0.3) is 0 Å². The maximum atomic E-state index is 13.3. The molecule has 0 spiro atoms. The minimum absolute atomic E-state index is 0.00989. The molecule has 1 aromatic heterocycles. The maximum absolute atomic E-state index is 13.3. The van der Waals surface area contributed by atoms with Crippen LogP contribution in [0.2, 0.25) is 5.02 Å². The van der Waals surface area contributed by atoms with Crippen molar-refractivity contribution in [2.75, 3.05) is 13.7 Å². The summed E-state index contributed by atoms with van der Waals surface area (Å²) in [6.45, 7) is 0.375. The molecule has 0 radical (unpaired) electrons. The van der Waals surface area contributed by atoms with Gasteiger partial charge in [0.15, 0.2) is 5.78 Å². The molecule has 5 aromatic rings. The normalized spacial score (nSPS) is 11.9. The van der Waals surface area contributed by atoms with E-state index in [0.29, 0.717) is 39.7 Å². The number of Topliss-reactive ketones (excluding diaryl/α,β-unsaturated/α-hetero) is 1. The molecule has 0 aliphatic rings. The molecule has 0 saturated carbocycles. The molecule has 6 nitrogen and oxygen atoms in total. The minimum Gasteiger partial charge on any atom is -0.478 e. The van der Waals surface area contributed by atoms with E-state index >= 15 is 0 Å². The van der Waals surface area contributed by atoms with E-state index < -0.39 is 5.97 Å². The van der Waals surface area contributed by atoms with Gasteiger partial charge in [0.1, 0.15) is 5.82 Å². The number of hydrogen-bond acceptors (Lipinski definition) is 4. The number of imidazole rings is 1. The Labute approximate surface area is 224 Å². The van der Waals surface area contributed by atoms with E-state index in [1.54, 1.807) is 31.4 Å². The average Bonchev–Trinajstić information content (AvgIpc) is 3.37. The zero-order valence-electron chi connectivity index (χ0n) is 20.6. The van der Waals surface area contributed by atoms with Crippen molar-refractivity contribution in [3.8, 4) is 22.5 Å². The second-order valence-corrected chi connectivity index (χ2v) is 9.43. The summed E-state index contributed by atoms with van der Waals surface area (Å²) < 4.78 is 5.35. The van der Waals surface area contributed by atoms with E-state index in [1.165, 1.54) is 6.07 Å². The molecule has 0 aliphatic heterocycles. The van der Waals surface area contributed by atoms with Crippen LogP contribution in [-0.4, -0.2) is 40.5 Å². The average molecular weight is 525 g/mol. The second-order valence-electron chi connectivity index (χ2n) is 9.02. The van der Waals surface area contributed by atoms with E-state index in [0.717, 1.165) is 16.6 Å². The van der Waals surface area contributed by atoms with Crippen LogP contribution in [0.15, 0.2) is 91.0 Å². The van der Waals surface area contributed by atoms with Crippen molar-refractivity contribution in [2.45, 2.75) is 12.3 Å². The van der Waals surface area contributed by atoms with Crippen molar-refractivity contribution < 1.29 is 19.4 Å². The molecule has 7 heteroatoms. The van der Waals surface area contributed by atoms with Gasteiger partial charge in [-0.2, -0.15) is 0 Å². The van der Waals surface area contributed by atoms with Crippen LogP contribution in [0.3, 0.4) is 0 Å². The molecule has 38 heavy (non-hydrogen) atoms. The molecule has 0 bridgehead atoms. The third-order valence-corrected chi connectivity index (χ3v) is 6.88. The van der Waals surface area contributed by atoms with E-state index in [9.17, 15) is 14.7 Å². The molecular weight excluding hydrogens is 500 g/mol. The number of ether oxygens (including phenoxy) is 1. The van der Waals surface area contributed by atoms with Gasteiger partial charge in [0, 0.05) is 41.2 Å². The first-order chi connectivity index (χ1) is 18.5. The number of H-pyrrole nitrogens is 1. The van der Waals surface area contributed by atoms with Crippen LogP contribution in [0, 0.1) is 0 Å². The Hall–Kier alpha value is -4.26. The highest BCUT2D eigenvalue weighted by Gasteiger charge is 2.23. The number of para-hydroxylation sites is 2. The lowest BCUT2D eigenvalue weighted by molar-refractivity contribution is 0.0697. The van der Waals surface area contributed by atoms with Gasteiger partial charge >= 0.3 is 5.97 Å². The number of carbonyl (C=O) groups is 2. The highest BCUT2D eigenvalue weighted by molar-refractivity contribution is 6.34. The lowest BCUT2D eigenvalue weighted by Gasteiger charge is -2.17. The van der Waals surface area contributed by atoms with Crippen molar-refractivity contribution >= 4 is 34.4 Å². The van der Waals surface area contributed by atoms with E-state index in [1.807, 2.05) is 60.7 Å². The fourth-order valence-corrected chi connectivity index (χ4v) is 5.01. The molecule has 0 amide bonds. The largest absolute Gasteiger partial charge is 0.478 e. The van der Waals surface area contributed by atoms with Crippen molar-refractivity contribution in [3.05, 3.63) is 113 Å². The van der Waals surface area contributed by atoms with Gasteiger partial charge in [-0.25, -0.2) is 9.78 Å². The molecule has 0 saturated heterocycles. The van der Waals surface area contributed by atoms with Crippen LogP contribution >= 0.6 is 11.6 Å². The number of carboxylic acid groups (broad SMARTS) is 1. The first-order valence-electron chi connectivity index (χ1n) is 12.1. The molecule has 190 valence electrons. The van der Waals surface area contributed by atoms with E-state index in [2.05, 4.69) is 9.97 Å². The summed E-state index contributed by atoms with van der Waals surface area (Å²) in [5.74, 6) is -0.890. The molecule has 2 N–H and O–H groups in total. The standard InChI is InChI=1S/C31H25ClN2O4/c1-38-18-21(19-8-3-2-4-9-19)17-28(35)20-14-15-22(24(16-20)31(36)37)29-23(10-7-11-25(29)32)30-33-26-12-5-6-13-27(26)34-30/h2-16,21H,17-18H2,1H3,(H,33,34)(H,36,37)/t21-/m1/s1. The predicted molar refractivity (Wildman–Crippen MR) is 149 cm³/mol. The summed E-state index contributed by atoms with van der Waals surface area (Å²) in [5.41, 5.74) is 4.56. The Bertz CT molecular complexity index is 1600. The van der Waals surface area contributed by atoms with Crippen LogP contribution in [0.4, 0.5) is 0 Å². The van der Waals surface area contributed by atoms with Crippen LogP contribution in [0.1, 0.15) is 38.6 Å². The summed E-state index contributed by atoms with van der Waals surface area (Å²) in [4.78, 5) is 33.7. The van der Waals surface area contributed by atoms with Crippen LogP contribution in [-0.2, 0) is 4.74 Å². The van der Waals surface area contributed by atoms with Crippen LogP contribution in [0.5, 0.6) is 0 Å². The second kappa shape index (κ2) is 11.0. The monoisotopic (exact) mass is 524 g/mol. The first-order valence-corrected chi connectivity index (χ1v) is 12.5. The number of benzene rings is 4. The molecule has 0 aliphatic carbocycles. The molecule has 4 aromatic carbocycles. The Balaban J connectivity index is 1.55. The molecule has 0 fully saturated rings. The number of methoxy groups -OCH3 is 1. The molecule has 0 unspecified atom stereocenters. The fraction of sp³-hybridized carbons (Fsp3) is 0.129. The number of aromatic carboxylic acids is 1. The third kappa shape index (κ3) is 5.09. The van der Waals surface area contributed by atoms with Gasteiger partial charge in [-0.1, -0.05) is 78.3 Å². The Morgan fingerprint density at radius 2 is 1.71 bits per heavy atom. The molecular formula is C31H25ClN2O4. The first kappa shape index (κ1) is 25.4. The van der Waals surface area contributed by atoms with Gasteiger partial charge in [0.05, 0.1) is 23.2 Å². The van der Waals surface area contributed by atoms with Crippen molar-refractivity contribution in [1.82, 2.24) is 9.97 Å². The van der Waals surface area contributed by atoms with Gasteiger partial charge in [-0.05, 0) is 35.4 Å². The number of hydrogen-bond donors (Lipinski definition) is 2. The number of halogens is 1. The zero-order chi connectivity index (χ0) is 26.6. The molecule has 1 heterocycles. The van der Waals surface area contributed by atoms with E-state index in [-0.39, 0.29) is 23.7 Å². The minimum atomic E-state index is -1.15. The Kier molecular flexibility index (Phi) is 7.36. The number of aromatic nitrogens is 2. The number of nitrogens with one attached hydrogen (secondary N) is 1. The van der Waals surface area contributed by atoms with Gasteiger partial charge in [0.2, 0.25) is 0 Å². The quantitative estimate of drug-likeness (QED) is 0.198. The van der Waals surface area contributed by atoms with Crippen molar-refractivity contribution in [3.63, 3.8) is 0 Å². The highest BCUT2D eigenvalue weighted by Crippen LogP contribution is 2.39. The highest BCUT2D eigenvalue weighted by atomic mass is 35.5. The lowest BCUT2D eigenvalue weighted by atomic mass is 9.89. The van der Waals surface area contributed by atoms with Gasteiger partial charge < -0.3 is 14.8 Å². The summed E-state index contributed by atoms with van der Waals surface area (Å²) in [6, 6.07) is 27.4. The number of rotatable bonds is 9. The van der Waals surface area contributed by atoms with Crippen LogP contribution < -0.4 is 0 Å². The predicted octanol–water partition coefficient (Wildman–Crippen LogP) is 7.25. The zero-order valence-corrected chi connectivity index (χ0v) is 21.4. The van der Waals surface area contributed by atoms with Gasteiger partial charge in [-0.15, -0.1) is 0 Å². The summed E-state index contributed by atoms with van der Waals surface area (Å²) in [5, 5.41) is 10.5. The topological polar surface area (TPSA) is 92.3 Å². The smallest absolute Gasteiger partial charge is 0.336 e. The molecule has 5 rings (SSSR count). The Morgan fingerprint density at radius 3 is 2.45 bits per heavy atom. The lowest BCUT2D eigenvalue weighted by Crippen LogP contribution is -2.13. The fourth-order valence-electron chi connectivity index (χ4n) is 4.73. The van der Waals surface area contributed by atoms with Crippen molar-refractivity contribution in [1.29, 1.82) is 0 Å². The number of aromatic amines is 1. The number of fused-ring (bicyclic) bond motifs is 1. The SMILES string of the molecule is COC[C@@H](CC(=O)c1ccc(-c2c(Cl)cccc2-c2nc3ccccc3[nH]2)c(C(=O)O)c1)c1ccccc1. The maximum Gasteiger partial charge on any atom is 0.336 e. The van der Waals surface area contributed by atoms with Gasteiger partial charge in [-0.3, -0.25) is 4.79 Å². The van der Waals surface area contributed by atoms with Crippen molar-refractivity contribution in [2.24, 2.45) is 0 Å².